The molecular formula is C10H20N2O. The standard InChI is InChI=1S/C10H20N2O/c1-11-7-8-3-5-9(6-4-8)10(13)12-2/h8-9,11H,3-7H2,1-2H3,(H,12,13)/t8-,9-. The summed E-state index contributed by atoms with van der Waals surface area (Å²) in [5.41, 5.74) is 0. The minimum absolute atomic E-state index is 0.225. The van der Waals surface area contributed by atoms with Crippen molar-refractivity contribution in [1.82, 2.24) is 10.6 Å². The van der Waals surface area contributed by atoms with Gasteiger partial charge in [0.05, 0.1) is 0 Å². The molecule has 1 fully saturated rings. The monoisotopic (exact) mass is 184 g/mol. The topological polar surface area (TPSA) is 41.1 Å². The molecular weight excluding hydrogens is 164 g/mol. The lowest BCUT2D eigenvalue weighted by atomic mass is 9.81. The predicted molar refractivity (Wildman–Crippen MR) is 53.4 cm³/mol. The van der Waals surface area contributed by atoms with E-state index in [1.807, 2.05) is 7.05 Å². The zero-order valence-corrected chi connectivity index (χ0v) is 8.60. The summed E-state index contributed by atoms with van der Waals surface area (Å²) >= 11 is 0. The van der Waals surface area contributed by atoms with E-state index in [0.717, 1.165) is 25.3 Å². The minimum atomic E-state index is 0.225. The first-order valence-corrected chi connectivity index (χ1v) is 5.14. The number of nitrogens with one attached hydrogen (secondary N) is 2. The van der Waals surface area contributed by atoms with Crippen LogP contribution in [0.1, 0.15) is 25.7 Å². The summed E-state index contributed by atoms with van der Waals surface area (Å²) in [6.07, 6.45) is 4.51. The van der Waals surface area contributed by atoms with Crippen molar-refractivity contribution in [3.63, 3.8) is 0 Å². The highest BCUT2D eigenvalue weighted by Gasteiger charge is 2.24. The molecule has 0 radical (unpaired) electrons. The van der Waals surface area contributed by atoms with Crippen LogP contribution < -0.4 is 10.6 Å². The number of hydrogen-bond donors (Lipinski definition) is 2. The number of rotatable bonds is 3. The fourth-order valence-corrected chi connectivity index (χ4v) is 2.12. The third-order valence-electron chi connectivity index (χ3n) is 2.96. The lowest BCUT2D eigenvalue weighted by molar-refractivity contribution is -0.125. The number of hydrogen-bond acceptors (Lipinski definition) is 2. The van der Waals surface area contributed by atoms with E-state index in [9.17, 15) is 4.79 Å². The molecule has 3 nitrogen and oxygen atoms in total. The molecule has 0 unspecified atom stereocenters. The Balaban J connectivity index is 2.26. The third-order valence-corrected chi connectivity index (χ3v) is 2.96. The van der Waals surface area contributed by atoms with Crippen molar-refractivity contribution in [2.75, 3.05) is 20.6 Å². The maximum absolute atomic E-state index is 11.3. The lowest BCUT2D eigenvalue weighted by Gasteiger charge is -2.27. The molecule has 13 heavy (non-hydrogen) atoms. The Morgan fingerprint density at radius 3 is 2.31 bits per heavy atom. The summed E-state index contributed by atoms with van der Waals surface area (Å²) < 4.78 is 0. The number of carbonyl (C=O) groups is 1. The zero-order valence-electron chi connectivity index (χ0n) is 8.60. The Morgan fingerprint density at radius 2 is 1.85 bits per heavy atom. The van der Waals surface area contributed by atoms with Crippen LogP contribution in [-0.4, -0.2) is 26.5 Å². The molecule has 0 atom stereocenters. The quantitative estimate of drug-likeness (QED) is 0.680. The number of carbonyl (C=O) groups excluding carboxylic acids is 1. The molecule has 2 N–H and O–H groups in total. The summed E-state index contributed by atoms with van der Waals surface area (Å²) in [6, 6.07) is 0. The zero-order chi connectivity index (χ0) is 9.68. The largest absolute Gasteiger partial charge is 0.359 e. The summed E-state index contributed by atoms with van der Waals surface area (Å²) in [4.78, 5) is 11.3. The molecule has 0 aromatic heterocycles. The van der Waals surface area contributed by atoms with Gasteiger partial charge in [-0.15, -0.1) is 0 Å². The molecule has 1 amide bonds. The lowest BCUT2D eigenvalue weighted by Crippen LogP contribution is -2.32. The van der Waals surface area contributed by atoms with Crippen molar-refractivity contribution in [2.24, 2.45) is 11.8 Å². The normalized spacial score (nSPS) is 28.5. The first-order valence-electron chi connectivity index (χ1n) is 5.14. The van der Waals surface area contributed by atoms with Gasteiger partial charge in [0.15, 0.2) is 0 Å². The molecule has 0 aromatic carbocycles. The van der Waals surface area contributed by atoms with Crippen molar-refractivity contribution < 1.29 is 4.79 Å². The first kappa shape index (κ1) is 10.5. The van der Waals surface area contributed by atoms with Crippen molar-refractivity contribution >= 4 is 5.91 Å². The summed E-state index contributed by atoms with van der Waals surface area (Å²) in [6.45, 7) is 1.10. The molecule has 0 heterocycles. The van der Waals surface area contributed by atoms with Gasteiger partial charge in [0.1, 0.15) is 0 Å². The van der Waals surface area contributed by atoms with Gasteiger partial charge in [0, 0.05) is 13.0 Å². The number of amides is 1. The van der Waals surface area contributed by atoms with Crippen molar-refractivity contribution in [2.45, 2.75) is 25.7 Å². The van der Waals surface area contributed by atoms with Crippen molar-refractivity contribution in [3.05, 3.63) is 0 Å². The van der Waals surface area contributed by atoms with E-state index in [-0.39, 0.29) is 11.8 Å². The molecule has 0 bridgehead atoms. The van der Waals surface area contributed by atoms with E-state index in [1.54, 1.807) is 7.05 Å². The molecule has 0 saturated heterocycles. The van der Waals surface area contributed by atoms with Gasteiger partial charge in [-0.3, -0.25) is 4.79 Å². The van der Waals surface area contributed by atoms with Gasteiger partial charge in [0.2, 0.25) is 5.91 Å². The van der Waals surface area contributed by atoms with Gasteiger partial charge >= 0.3 is 0 Å². The van der Waals surface area contributed by atoms with E-state index in [0.29, 0.717) is 0 Å². The molecule has 1 saturated carbocycles. The average Bonchev–Trinajstić information content (AvgIpc) is 2.18. The van der Waals surface area contributed by atoms with Crippen LogP contribution in [0.15, 0.2) is 0 Å². The molecule has 1 aliphatic rings. The Labute approximate surface area is 80.3 Å². The Morgan fingerprint density at radius 1 is 1.23 bits per heavy atom. The molecule has 1 rings (SSSR count). The van der Waals surface area contributed by atoms with Crippen LogP contribution in [0.4, 0.5) is 0 Å². The van der Waals surface area contributed by atoms with Crippen LogP contribution >= 0.6 is 0 Å². The van der Waals surface area contributed by atoms with Crippen LogP contribution in [0.3, 0.4) is 0 Å². The van der Waals surface area contributed by atoms with Crippen molar-refractivity contribution in [3.8, 4) is 0 Å². The van der Waals surface area contributed by atoms with Crippen LogP contribution in [0, 0.1) is 11.8 Å². The third kappa shape index (κ3) is 2.99. The molecule has 3 heteroatoms. The van der Waals surface area contributed by atoms with Gasteiger partial charge in [0.25, 0.3) is 0 Å². The highest BCUT2D eigenvalue weighted by atomic mass is 16.1. The van der Waals surface area contributed by atoms with E-state index < -0.39 is 0 Å². The second-order valence-electron chi connectivity index (χ2n) is 3.89. The van der Waals surface area contributed by atoms with Gasteiger partial charge in [-0.1, -0.05) is 0 Å². The molecule has 1 aliphatic carbocycles. The first-order chi connectivity index (χ1) is 6.27. The highest BCUT2D eigenvalue weighted by molar-refractivity contribution is 5.78. The second-order valence-corrected chi connectivity index (χ2v) is 3.89. The minimum Gasteiger partial charge on any atom is -0.359 e. The van der Waals surface area contributed by atoms with Crippen LogP contribution in [-0.2, 0) is 4.79 Å². The molecule has 76 valence electrons. The van der Waals surface area contributed by atoms with Crippen LogP contribution in [0.2, 0.25) is 0 Å². The maximum Gasteiger partial charge on any atom is 0.222 e. The molecule has 0 aliphatic heterocycles. The predicted octanol–water partition coefficient (Wildman–Crippen LogP) is 0.758. The SMILES string of the molecule is CNC[C@H]1CC[C@H](C(=O)NC)CC1. The van der Waals surface area contributed by atoms with Gasteiger partial charge in [-0.25, -0.2) is 0 Å². The van der Waals surface area contributed by atoms with Gasteiger partial charge in [-0.2, -0.15) is 0 Å². The van der Waals surface area contributed by atoms with E-state index >= 15 is 0 Å². The van der Waals surface area contributed by atoms with Gasteiger partial charge < -0.3 is 10.6 Å². The average molecular weight is 184 g/mol. The fourth-order valence-electron chi connectivity index (χ4n) is 2.12. The van der Waals surface area contributed by atoms with Crippen molar-refractivity contribution in [1.29, 1.82) is 0 Å². The molecule has 0 spiro atoms. The second kappa shape index (κ2) is 5.22. The summed E-state index contributed by atoms with van der Waals surface area (Å²) in [5.74, 6) is 1.28. The Kier molecular flexibility index (Phi) is 4.22. The fraction of sp³-hybridized carbons (Fsp3) is 0.900. The molecule has 0 aromatic rings. The smallest absolute Gasteiger partial charge is 0.222 e. The van der Waals surface area contributed by atoms with E-state index in [2.05, 4.69) is 10.6 Å². The Hall–Kier alpha value is -0.570. The summed E-state index contributed by atoms with van der Waals surface area (Å²) in [7, 11) is 3.72. The highest BCUT2D eigenvalue weighted by Crippen LogP contribution is 2.28. The van der Waals surface area contributed by atoms with Crippen LogP contribution in [0.25, 0.3) is 0 Å². The van der Waals surface area contributed by atoms with E-state index in [1.165, 1.54) is 12.8 Å². The summed E-state index contributed by atoms with van der Waals surface area (Å²) in [5, 5.41) is 5.92. The maximum atomic E-state index is 11.3. The van der Waals surface area contributed by atoms with E-state index in [4.69, 9.17) is 0 Å². The van der Waals surface area contributed by atoms with Gasteiger partial charge in [-0.05, 0) is 45.2 Å². The Bertz CT molecular complexity index is 162. The van der Waals surface area contributed by atoms with Crippen LogP contribution in [0.5, 0.6) is 0 Å².